The highest BCUT2D eigenvalue weighted by molar-refractivity contribution is 5.85. The summed E-state index contributed by atoms with van der Waals surface area (Å²) in [6, 6.07) is 1.11. The average molecular weight is 174 g/mol. The molecule has 62 valence electrons. The zero-order chi connectivity index (χ0) is 7.14. The van der Waals surface area contributed by atoms with E-state index >= 15 is 0 Å². The topological polar surface area (TPSA) is 53.0 Å². The van der Waals surface area contributed by atoms with Gasteiger partial charge in [-0.25, -0.2) is 0 Å². The first kappa shape index (κ1) is 8.63. The van der Waals surface area contributed by atoms with Crippen LogP contribution in [0.5, 0.6) is 0 Å². The molecule has 2 saturated heterocycles. The summed E-state index contributed by atoms with van der Waals surface area (Å²) in [5.41, 5.74) is 5.79. The van der Waals surface area contributed by atoms with Gasteiger partial charge in [-0.2, -0.15) is 5.26 Å². The fourth-order valence-corrected chi connectivity index (χ4v) is 2.19. The van der Waals surface area contributed by atoms with Gasteiger partial charge in [-0.15, -0.1) is 12.4 Å². The second-order valence-corrected chi connectivity index (χ2v) is 3.21. The molecule has 2 aliphatic heterocycles. The highest BCUT2D eigenvalue weighted by Gasteiger charge is 2.44. The molecule has 2 N–H and O–H groups in total. The first-order valence-electron chi connectivity index (χ1n) is 3.76. The molecule has 3 nitrogen and oxygen atoms in total. The van der Waals surface area contributed by atoms with Crippen molar-refractivity contribution in [2.24, 2.45) is 5.73 Å². The lowest BCUT2D eigenvalue weighted by Crippen LogP contribution is -2.34. The molecule has 0 aliphatic carbocycles. The maximum atomic E-state index is 8.68. The van der Waals surface area contributed by atoms with Crippen LogP contribution in [0, 0.1) is 11.5 Å². The summed E-state index contributed by atoms with van der Waals surface area (Å²) in [4.78, 5) is 1.88. The molecule has 11 heavy (non-hydrogen) atoms. The monoisotopic (exact) mass is 173 g/mol. The molecule has 0 unspecified atom stereocenters. The van der Waals surface area contributed by atoms with Gasteiger partial charge in [0, 0.05) is 12.1 Å². The van der Waals surface area contributed by atoms with Crippen LogP contribution in [0.3, 0.4) is 0 Å². The second-order valence-electron chi connectivity index (χ2n) is 3.21. The number of hydrogen-bond donors (Lipinski definition) is 1. The van der Waals surface area contributed by atoms with E-state index in [1.54, 1.807) is 0 Å². The molecule has 0 aromatic rings. The van der Waals surface area contributed by atoms with Gasteiger partial charge in [0.25, 0.3) is 0 Å². The van der Waals surface area contributed by atoms with Crippen LogP contribution in [-0.2, 0) is 0 Å². The van der Waals surface area contributed by atoms with Gasteiger partial charge in [-0.05, 0) is 19.3 Å². The third kappa shape index (κ3) is 1.07. The Bertz CT molecular complexity index is 189. The zero-order valence-corrected chi connectivity index (χ0v) is 7.05. The van der Waals surface area contributed by atoms with Gasteiger partial charge in [-0.1, -0.05) is 0 Å². The maximum Gasteiger partial charge on any atom is 0.179 e. The largest absolute Gasteiger partial charge is 0.326 e. The summed E-state index contributed by atoms with van der Waals surface area (Å²) in [7, 11) is 0. The molecule has 3 atom stereocenters. The van der Waals surface area contributed by atoms with E-state index in [2.05, 4.69) is 6.19 Å². The van der Waals surface area contributed by atoms with Crippen molar-refractivity contribution in [3.63, 3.8) is 0 Å². The minimum atomic E-state index is 0. The lowest BCUT2D eigenvalue weighted by Gasteiger charge is -2.15. The Kier molecular flexibility index (Phi) is 2.26. The van der Waals surface area contributed by atoms with Crippen LogP contribution in [0.25, 0.3) is 0 Å². The second kappa shape index (κ2) is 2.88. The smallest absolute Gasteiger partial charge is 0.179 e. The van der Waals surface area contributed by atoms with Crippen LogP contribution in [0.2, 0.25) is 0 Å². The molecule has 2 heterocycles. The number of fused-ring (bicyclic) bond motifs is 2. The summed E-state index contributed by atoms with van der Waals surface area (Å²) in [5.74, 6) is 0. The van der Waals surface area contributed by atoms with Crippen LogP contribution in [0.1, 0.15) is 19.3 Å². The molecule has 2 rings (SSSR count). The highest BCUT2D eigenvalue weighted by Crippen LogP contribution is 2.35. The van der Waals surface area contributed by atoms with Gasteiger partial charge in [0.2, 0.25) is 0 Å². The van der Waals surface area contributed by atoms with Crippen molar-refractivity contribution in [3.8, 4) is 6.19 Å². The Balaban J connectivity index is 0.000000605. The van der Waals surface area contributed by atoms with Gasteiger partial charge in [-0.3, -0.25) is 0 Å². The molecule has 4 heteroatoms. The van der Waals surface area contributed by atoms with Gasteiger partial charge < -0.3 is 10.6 Å². The van der Waals surface area contributed by atoms with E-state index < -0.39 is 0 Å². The minimum absolute atomic E-state index is 0. The standard InChI is InChI=1S/C7H11N3.ClH/c8-4-10-5-1-2-7(10)6(9)3-5;/h5-7H,1-3,9H2;1H/t5-,6+,7+;/m1./s1. The average Bonchev–Trinajstić information content (AvgIpc) is 2.42. The van der Waals surface area contributed by atoms with Gasteiger partial charge in [0.05, 0.1) is 6.04 Å². The van der Waals surface area contributed by atoms with Crippen molar-refractivity contribution >= 4 is 12.4 Å². The maximum absolute atomic E-state index is 8.68. The quantitative estimate of drug-likeness (QED) is 0.542. The van der Waals surface area contributed by atoms with Crippen LogP contribution in [0.15, 0.2) is 0 Å². The predicted molar refractivity (Wildman–Crippen MR) is 44.1 cm³/mol. The number of nitrogens with zero attached hydrogens (tertiary/aromatic N) is 2. The number of nitrogens with two attached hydrogens (primary N) is 1. The molecule has 2 bridgehead atoms. The van der Waals surface area contributed by atoms with Crippen LogP contribution < -0.4 is 5.73 Å². The fourth-order valence-electron chi connectivity index (χ4n) is 2.19. The van der Waals surface area contributed by atoms with Crippen LogP contribution >= 0.6 is 12.4 Å². The van der Waals surface area contributed by atoms with Crippen molar-refractivity contribution in [1.82, 2.24) is 4.90 Å². The molecule has 2 aliphatic rings. The van der Waals surface area contributed by atoms with E-state index in [1.807, 2.05) is 4.90 Å². The fraction of sp³-hybridized carbons (Fsp3) is 0.857. The van der Waals surface area contributed by atoms with E-state index in [-0.39, 0.29) is 18.4 Å². The summed E-state index contributed by atoms with van der Waals surface area (Å²) >= 11 is 0. The first-order chi connectivity index (χ1) is 4.83. The molecule has 0 spiro atoms. The summed E-state index contributed by atoms with van der Waals surface area (Å²) < 4.78 is 0. The third-order valence-electron chi connectivity index (χ3n) is 2.70. The van der Waals surface area contributed by atoms with Crippen molar-refractivity contribution in [2.75, 3.05) is 0 Å². The van der Waals surface area contributed by atoms with Crippen molar-refractivity contribution in [2.45, 2.75) is 37.4 Å². The van der Waals surface area contributed by atoms with E-state index in [4.69, 9.17) is 11.0 Å². The predicted octanol–water partition coefficient (Wildman–Crippen LogP) is 0.453. The van der Waals surface area contributed by atoms with Crippen LogP contribution in [0.4, 0.5) is 0 Å². The summed E-state index contributed by atoms with van der Waals surface area (Å²) in [6.07, 6.45) is 5.53. The normalized spacial score (nSPS) is 40.0. The lowest BCUT2D eigenvalue weighted by molar-refractivity contribution is 0.364. The zero-order valence-electron chi connectivity index (χ0n) is 6.23. The molecule has 2 fully saturated rings. The third-order valence-corrected chi connectivity index (χ3v) is 2.70. The van der Waals surface area contributed by atoms with E-state index in [9.17, 15) is 0 Å². The molecule has 0 radical (unpaired) electrons. The van der Waals surface area contributed by atoms with Gasteiger partial charge >= 0.3 is 0 Å². The van der Waals surface area contributed by atoms with Crippen molar-refractivity contribution in [3.05, 3.63) is 0 Å². The molecular weight excluding hydrogens is 162 g/mol. The first-order valence-corrected chi connectivity index (χ1v) is 3.76. The van der Waals surface area contributed by atoms with Gasteiger partial charge in [0.1, 0.15) is 0 Å². The van der Waals surface area contributed by atoms with E-state index in [0.29, 0.717) is 12.1 Å². The molecular formula is C7H12ClN3. The summed E-state index contributed by atoms with van der Waals surface area (Å²) in [5, 5.41) is 8.68. The highest BCUT2D eigenvalue weighted by atomic mass is 35.5. The van der Waals surface area contributed by atoms with E-state index in [1.165, 1.54) is 6.42 Å². The summed E-state index contributed by atoms with van der Waals surface area (Å²) in [6.45, 7) is 0. The number of rotatable bonds is 0. The molecule has 0 saturated carbocycles. The Morgan fingerprint density at radius 2 is 2.18 bits per heavy atom. The Morgan fingerprint density at radius 1 is 1.45 bits per heavy atom. The Morgan fingerprint density at radius 3 is 2.45 bits per heavy atom. The van der Waals surface area contributed by atoms with Crippen molar-refractivity contribution < 1.29 is 0 Å². The van der Waals surface area contributed by atoms with Crippen LogP contribution in [-0.4, -0.2) is 23.0 Å². The minimum Gasteiger partial charge on any atom is -0.326 e. The van der Waals surface area contributed by atoms with E-state index in [0.717, 1.165) is 12.8 Å². The molecule has 0 amide bonds. The number of nitriles is 1. The van der Waals surface area contributed by atoms with Gasteiger partial charge in [0.15, 0.2) is 6.19 Å². The molecule has 0 aromatic carbocycles. The van der Waals surface area contributed by atoms with Crippen molar-refractivity contribution in [1.29, 1.82) is 5.26 Å². The Hall–Kier alpha value is -0.460. The Labute approximate surface area is 72.6 Å². The molecule has 0 aromatic heterocycles. The SMILES string of the molecule is Cl.N#CN1[C@@H]2CC[C@H]1[C@@H](N)C2. The number of halogens is 1. The number of hydrogen-bond acceptors (Lipinski definition) is 3. The lowest BCUT2D eigenvalue weighted by atomic mass is 9.97.